The van der Waals surface area contributed by atoms with Gasteiger partial charge in [0.05, 0.1) is 12.6 Å². The van der Waals surface area contributed by atoms with Gasteiger partial charge in [0.25, 0.3) is 0 Å². The van der Waals surface area contributed by atoms with Crippen molar-refractivity contribution in [2.45, 2.75) is 40.3 Å². The molecular weight excluding hydrogens is 275 g/mol. The van der Waals surface area contributed by atoms with Crippen LogP contribution < -0.4 is 10.5 Å². The molecule has 0 saturated heterocycles. The Morgan fingerprint density at radius 1 is 1.38 bits per heavy atom. The summed E-state index contributed by atoms with van der Waals surface area (Å²) < 4.78 is 19.5. The lowest BCUT2D eigenvalue weighted by atomic mass is 10.1. The summed E-state index contributed by atoms with van der Waals surface area (Å²) in [5.41, 5.74) is 5.46. The fraction of sp³-hybridized carbons (Fsp3) is 0.467. The van der Waals surface area contributed by atoms with Crippen LogP contribution in [0.1, 0.15) is 43.6 Å². The van der Waals surface area contributed by atoms with Crippen molar-refractivity contribution in [3.05, 3.63) is 29.1 Å². The number of primary amides is 1. The molecule has 1 heterocycles. The molecule has 0 bridgehead atoms. The zero-order valence-corrected chi connectivity index (χ0v) is 12.8. The molecule has 0 aromatic heterocycles. The molecule has 5 nitrogen and oxygen atoms in total. The Bertz CT molecular complexity index is 546. The summed E-state index contributed by atoms with van der Waals surface area (Å²) >= 11 is 0. The molecule has 2 rings (SSSR count). The lowest BCUT2D eigenvalue weighted by Gasteiger charge is -2.24. The summed E-state index contributed by atoms with van der Waals surface area (Å²) in [4.78, 5) is 24.2. The lowest BCUT2D eigenvalue weighted by Crippen LogP contribution is -2.38. The number of halogens is 1. The van der Waals surface area contributed by atoms with Gasteiger partial charge in [-0.15, -0.1) is 0 Å². The van der Waals surface area contributed by atoms with Gasteiger partial charge in [-0.25, -0.2) is 4.39 Å². The number of amides is 2. The second kappa shape index (κ2) is 7.06. The minimum absolute atomic E-state index is 0.0557. The average Bonchev–Trinajstić information content (AvgIpc) is 2.61. The van der Waals surface area contributed by atoms with Crippen LogP contribution in [-0.2, 0) is 11.3 Å². The Hall–Kier alpha value is -2.11. The monoisotopic (exact) mass is 296 g/mol. The van der Waals surface area contributed by atoms with E-state index in [9.17, 15) is 14.0 Å². The summed E-state index contributed by atoms with van der Waals surface area (Å²) in [5.74, 6) is -1.19. The molecule has 1 aliphatic rings. The third kappa shape index (κ3) is 3.71. The molecule has 1 aromatic carbocycles. The number of rotatable bonds is 1. The molecule has 0 radical (unpaired) electrons. The largest absolute Gasteiger partial charge is 0.491 e. The Kier molecular flexibility index (Phi) is 5.69. The number of benzene rings is 1. The van der Waals surface area contributed by atoms with Crippen LogP contribution in [0.25, 0.3) is 0 Å². The first kappa shape index (κ1) is 16.9. The average molecular weight is 296 g/mol. The molecule has 21 heavy (non-hydrogen) atoms. The van der Waals surface area contributed by atoms with E-state index in [-0.39, 0.29) is 42.0 Å². The van der Waals surface area contributed by atoms with E-state index in [4.69, 9.17) is 10.5 Å². The van der Waals surface area contributed by atoms with Gasteiger partial charge in [-0.05, 0) is 19.1 Å². The standard InChI is InChI=1S/C13H15FN2O3.C2H6/c1-7-6-19-12-4-9(13(15)18)3-11(14)10(12)5-16(7)8(2)17;1-2/h3-4,7H,5-6H2,1-2H3,(H2,15,18);1-2H3. The van der Waals surface area contributed by atoms with Crippen molar-refractivity contribution in [1.82, 2.24) is 4.90 Å². The maximum absolute atomic E-state index is 14.0. The Balaban J connectivity index is 0.00000106. The van der Waals surface area contributed by atoms with Crippen molar-refractivity contribution in [3.63, 3.8) is 0 Å². The van der Waals surface area contributed by atoms with Crippen LogP contribution in [0.5, 0.6) is 5.75 Å². The fourth-order valence-corrected chi connectivity index (χ4v) is 2.08. The van der Waals surface area contributed by atoms with Gasteiger partial charge in [-0.3, -0.25) is 9.59 Å². The fourth-order valence-electron chi connectivity index (χ4n) is 2.08. The van der Waals surface area contributed by atoms with E-state index >= 15 is 0 Å². The van der Waals surface area contributed by atoms with Gasteiger partial charge in [0.2, 0.25) is 11.8 Å². The molecule has 116 valence electrons. The molecule has 2 N–H and O–H groups in total. The van der Waals surface area contributed by atoms with Gasteiger partial charge in [-0.2, -0.15) is 0 Å². The van der Waals surface area contributed by atoms with E-state index in [1.807, 2.05) is 20.8 Å². The highest BCUT2D eigenvalue weighted by Gasteiger charge is 2.26. The van der Waals surface area contributed by atoms with Gasteiger partial charge >= 0.3 is 0 Å². The highest BCUT2D eigenvalue weighted by Crippen LogP contribution is 2.29. The quantitative estimate of drug-likeness (QED) is 0.862. The molecule has 1 aromatic rings. The van der Waals surface area contributed by atoms with Gasteiger partial charge in [0.15, 0.2) is 0 Å². The molecule has 6 heteroatoms. The Morgan fingerprint density at radius 2 is 2.00 bits per heavy atom. The third-order valence-corrected chi connectivity index (χ3v) is 3.18. The van der Waals surface area contributed by atoms with Crippen LogP contribution in [-0.4, -0.2) is 29.4 Å². The molecule has 1 aliphatic heterocycles. The SMILES string of the molecule is CC.CC(=O)N1Cc2c(F)cc(C(N)=O)cc2OCC1C. The molecule has 2 amide bonds. The second-order valence-corrected chi connectivity index (χ2v) is 4.61. The summed E-state index contributed by atoms with van der Waals surface area (Å²) in [7, 11) is 0. The van der Waals surface area contributed by atoms with Gasteiger partial charge in [-0.1, -0.05) is 13.8 Å². The summed E-state index contributed by atoms with van der Waals surface area (Å²) in [6.07, 6.45) is 0. The zero-order chi connectivity index (χ0) is 16.2. The molecule has 0 saturated carbocycles. The number of hydrogen-bond donors (Lipinski definition) is 1. The van der Waals surface area contributed by atoms with Crippen LogP contribution in [0.15, 0.2) is 12.1 Å². The van der Waals surface area contributed by atoms with Crippen LogP contribution in [0, 0.1) is 5.82 Å². The number of fused-ring (bicyclic) bond motifs is 1. The van der Waals surface area contributed by atoms with E-state index in [1.165, 1.54) is 17.9 Å². The third-order valence-electron chi connectivity index (χ3n) is 3.18. The highest BCUT2D eigenvalue weighted by molar-refractivity contribution is 5.93. The molecule has 0 spiro atoms. The Labute approximate surface area is 123 Å². The van der Waals surface area contributed by atoms with Crippen molar-refractivity contribution >= 4 is 11.8 Å². The number of carbonyl (C=O) groups is 2. The van der Waals surface area contributed by atoms with E-state index < -0.39 is 11.7 Å². The number of nitrogens with two attached hydrogens (primary N) is 1. The summed E-state index contributed by atoms with van der Waals surface area (Å²) in [5, 5.41) is 0. The first-order valence-electron chi connectivity index (χ1n) is 6.92. The van der Waals surface area contributed by atoms with Crippen molar-refractivity contribution in [1.29, 1.82) is 0 Å². The second-order valence-electron chi connectivity index (χ2n) is 4.61. The topological polar surface area (TPSA) is 72.6 Å². The predicted molar refractivity (Wildman–Crippen MR) is 77.4 cm³/mol. The lowest BCUT2D eigenvalue weighted by molar-refractivity contribution is -0.131. The number of carbonyl (C=O) groups excluding carboxylic acids is 2. The van der Waals surface area contributed by atoms with E-state index in [1.54, 1.807) is 0 Å². The normalized spacial score (nSPS) is 16.8. The van der Waals surface area contributed by atoms with E-state index in [0.717, 1.165) is 6.07 Å². The number of ether oxygens (including phenoxy) is 1. The van der Waals surface area contributed by atoms with Crippen molar-refractivity contribution in [3.8, 4) is 5.75 Å². The summed E-state index contributed by atoms with van der Waals surface area (Å²) in [6.45, 7) is 7.61. The minimum atomic E-state index is -0.717. The molecule has 1 atom stereocenters. The number of hydrogen-bond acceptors (Lipinski definition) is 3. The smallest absolute Gasteiger partial charge is 0.248 e. The van der Waals surface area contributed by atoms with E-state index in [0.29, 0.717) is 0 Å². The van der Waals surface area contributed by atoms with Gasteiger partial charge < -0.3 is 15.4 Å². The summed E-state index contributed by atoms with van der Waals surface area (Å²) in [6, 6.07) is 2.32. The van der Waals surface area contributed by atoms with Crippen LogP contribution >= 0.6 is 0 Å². The molecule has 0 aliphatic carbocycles. The number of nitrogens with zero attached hydrogens (tertiary/aromatic N) is 1. The van der Waals surface area contributed by atoms with Crippen LogP contribution in [0.2, 0.25) is 0 Å². The first-order chi connectivity index (χ1) is 9.90. The maximum atomic E-state index is 14.0. The minimum Gasteiger partial charge on any atom is -0.491 e. The van der Waals surface area contributed by atoms with E-state index in [2.05, 4.69) is 0 Å². The highest BCUT2D eigenvalue weighted by atomic mass is 19.1. The Morgan fingerprint density at radius 3 is 2.52 bits per heavy atom. The van der Waals surface area contributed by atoms with Crippen LogP contribution in [0.3, 0.4) is 0 Å². The van der Waals surface area contributed by atoms with Crippen molar-refractivity contribution < 1.29 is 18.7 Å². The van der Waals surface area contributed by atoms with Crippen molar-refractivity contribution in [2.24, 2.45) is 5.73 Å². The molecule has 1 unspecified atom stereocenters. The van der Waals surface area contributed by atoms with Crippen LogP contribution in [0.4, 0.5) is 4.39 Å². The maximum Gasteiger partial charge on any atom is 0.248 e. The van der Waals surface area contributed by atoms with Crippen molar-refractivity contribution in [2.75, 3.05) is 6.61 Å². The first-order valence-corrected chi connectivity index (χ1v) is 6.92. The zero-order valence-electron chi connectivity index (χ0n) is 12.8. The predicted octanol–water partition coefficient (Wildman–Crippen LogP) is 2.08. The van der Waals surface area contributed by atoms with Gasteiger partial charge in [0, 0.05) is 18.1 Å². The molecular formula is C15H21FN2O3. The van der Waals surface area contributed by atoms with Gasteiger partial charge in [0.1, 0.15) is 18.2 Å². The molecule has 0 fully saturated rings.